The number of ketones is 1. The molecule has 394 valence electrons. The number of carbonyl (C=O) groups is 3. The van der Waals surface area contributed by atoms with Crippen LogP contribution in [0.5, 0.6) is 0 Å². The number of methoxy groups -OCH3 is 1. The Morgan fingerprint density at radius 3 is 2.12 bits per heavy atom. The molecule has 4 aliphatic rings. The number of esters is 1. The van der Waals surface area contributed by atoms with Crippen molar-refractivity contribution in [3.05, 3.63) is 0 Å². The quantitative estimate of drug-likeness (QED) is 0.139. The Labute approximate surface area is 405 Å². The van der Waals surface area contributed by atoms with Crippen LogP contribution in [0.15, 0.2) is 5.16 Å². The lowest BCUT2D eigenvalue weighted by molar-refractivity contribution is -0.339. The smallest absolute Gasteiger partial charge is 0.458 e. The summed E-state index contributed by atoms with van der Waals surface area (Å²) in [6, 6.07) is -0.351. The van der Waals surface area contributed by atoms with Crippen molar-refractivity contribution < 1.29 is 72.4 Å². The molecule has 0 saturated carbocycles. The Balaban J connectivity index is 1.87. The fourth-order valence-electron chi connectivity index (χ4n) is 11.1. The van der Waals surface area contributed by atoms with E-state index in [1.165, 1.54) is 6.92 Å². The van der Waals surface area contributed by atoms with Gasteiger partial charge in [-0.1, -0.05) is 46.7 Å². The number of hydrogen-bond donors (Lipinski definition) is 3. The number of nitrogens with zero attached hydrogens (tertiary/aromatic N) is 4. The van der Waals surface area contributed by atoms with Crippen molar-refractivity contribution in [1.82, 2.24) is 14.7 Å². The third-order valence-corrected chi connectivity index (χ3v) is 15.4. The minimum absolute atomic E-state index is 0.0430. The van der Waals surface area contributed by atoms with Gasteiger partial charge in [-0.15, -0.1) is 0 Å². The fourth-order valence-corrected chi connectivity index (χ4v) is 11.1. The summed E-state index contributed by atoms with van der Waals surface area (Å²) in [6.07, 6.45) is -9.20. The second kappa shape index (κ2) is 23.8. The Morgan fingerprint density at radius 2 is 1.54 bits per heavy atom. The fraction of sp³-hybridized carbons (Fsp3) is 0.918. The van der Waals surface area contributed by atoms with E-state index >= 15 is 0 Å². The van der Waals surface area contributed by atoms with Crippen LogP contribution in [0.1, 0.15) is 116 Å². The summed E-state index contributed by atoms with van der Waals surface area (Å²) in [7, 11) is 7.23. The van der Waals surface area contributed by atoms with Crippen LogP contribution in [0, 0.1) is 23.7 Å². The third kappa shape index (κ3) is 12.9. The minimum Gasteiger partial charge on any atom is -0.458 e. The molecule has 19 heteroatoms. The number of oxime groups is 1. The molecular weight excluding hydrogens is 885 g/mol. The number of aliphatic hydroxyl groups is 3. The molecule has 0 aromatic heterocycles. The summed E-state index contributed by atoms with van der Waals surface area (Å²) in [4.78, 5) is 51.8. The molecule has 18 atom stereocenters. The zero-order chi connectivity index (χ0) is 51.3. The minimum atomic E-state index is -1.80. The molecule has 4 heterocycles. The van der Waals surface area contributed by atoms with Gasteiger partial charge in [0.25, 0.3) is 0 Å². The Kier molecular flexibility index (Phi) is 20.3. The maximum atomic E-state index is 14.8. The van der Waals surface area contributed by atoms with Gasteiger partial charge in [-0.2, -0.15) is 0 Å². The van der Waals surface area contributed by atoms with Crippen LogP contribution in [-0.4, -0.2) is 205 Å². The van der Waals surface area contributed by atoms with Crippen molar-refractivity contribution in [2.45, 2.75) is 199 Å². The van der Waals surface area contributed by atoms with Crippen LogP contribution < -0.4 is 0 Å². The molecule has 0 amide bonds. The van der Waals surface area contributed by atoms with Crippen LogP contribution >= 0.6 is 0 Å². The van der Waals surface area contributed by atoms with E-state index in [4.69, 9.17) is 42.7 Å². The molecule has 0 spiro atoms. The molecule has 0 aromatic carbocycles. The summed E-state index contributed by atoms with van der Waals surface area (Å²) < 4.78 is 51.0. The van der Waals surface area contributed by atoms with Gasteiger partial charge >= 0.3 is 12.1 Å². The van der Waals surface area contributed by atoms with Crippen LogP contribution in [0.25, 0.3) is 0 Å². The van der Waals surface area contributed by atoms with Crippen molar-refractivity contribution >= 4 is 23.6 Å². The summed E-state index contributed by atoms with van der Waals surface area (Å²) in [5, 5.41) is 41.8. The van der Waals surface area contributed by atoms with E-state index in [2.05, 4.69) is 28.8 Å². The van der Waals surface area contributed by atoms with E-state index in [1.807, 2.05) is 46.8 Å². The third-order valence-electron chi connectivity index (χ3n) is 15.4. The zero-order valence-electron chi connectivity index (χ0n) is 44.2. The number of ether oxygens (including phenoxy) is 8. The topological polar surface area (TPSA) is 217 Å². The van der Waals surface area contributed by atoms with Crippen LogP contribution in [0.2, 0.25) is 0 Å². The molecule has 0 bridgehead atoms. The van der Waals surface area contributed by atoms with E-state index in [1.54, 1.807) is 55.6 Å². The zero-order valence-corrected chi connectivity index (χ0v) is 44.2. The predicted octanol–water partition coefficient (Wildman–Crippen LogP) is 4.00. The van der Waals surface area contributed by atoms with Gasteiger partial charge in [0.05, 0.1) is 41.6 Å². The van der Waals surface area contributed by atoms with Gasteiger partial charge in [0.1, 0.15) is 23.4 Å². The molecule has 4 fully saturated rings. The van der Waals surface area contributed by atoms with E-state index in [0.717, 1.165) is 19.6 Å². The molecule has 0 unspecified atom stereocenters. The number of likely N-dealkylation sites (N-methyl/N-ethyl adjacent to an activating group) is 3. The highest BCUT2D eigenvalue weighted by Crippen LogP contribution is 2.45. The number of fused-ring (bicyclic) bond motifs is 1. The molecule has 4 rings (SSSR count). The molecule has 0 aliphatic carbocycles. The first-order valence-corrected chi connectivity index (χ1v) is 24.8. The van der Waals surface area contributed by atoms with Crippen LogP contribution in [0.4, 0.5) is 4.79 Å². The average Bonchev–Trinajstić information content (AvgIpc) is 3.58. The van der Waals surface area contributed by atoms with Crippen molar-refractivity contribution in [3.8, 4) is 0 Å². The molecular formula is C49H88N4O15. The first kappa shape index (κ1) is 58.0. The second-order valence-electron chi connectivity index (χ2n) is 21.1. The maximum absolute atomic E-state index is 14.8. The summed E-state index contributed by atoms with van der Waals surface area (Å²) in [5.74, 6) is -4.31. The molecule has 4 aliphatic heterocycles. The second-order valence-corrected chi connectivity index (χ2v) is 21.1. The number of aliphatic hydroxyl groups excluding tert-OH is 1. The lowest BCUT2D eigenvalue weighted by Crippen LogP contribution is -2.70. The largest absolute Gasteiger partial charge is 0.509 e. The summed E-state index contributed by atoms with van der Waals surface area (Å²) >= 11 is 0. The van der Waals surface area contributed by atoms with Crippen molar-refractivity contribution in [3.63, 3.8) is 0 Å². The molecule has 0 aromatic rings. The van der Waals surface area contributed by atoms with Gasteiger partial charge in [0.15, 0.2) is 36.7 Å². The lowest BCUT2D eigenvalue weighted by Gasteiger charge is -2.54. The van der Waals surface area contributed by atoms with Crippen molar-refractivity contribution in [2.75, 3.05) is 67.6 Å². The van der Waals surface area contributed by atoms with Gasteiger partial charge in [0, 0.05) is 57.0 Å². The van der Waals surface area contributed by atoms with Gasteiger partial charge < -0.3 is 72.8 Å². The number of hydrogen-bond acceptors (Lipinski definition) is 19. The van der Waals surface area contributed by atoms with Crippen molar-refractivity contribution in [1.29, 1.82) is 0 Å². The predicted molar refractivity (Wildman–Crippen MR) is 253 cm³/mol. The maximum Gasteiger partial charge on any atom is 0.509 e. The molecule has 4 saturated heterocycles. The Bertz CT molecular complexity index is 1700. The average molecular weight is 973 g/mol. The highest BCUT2D eigenvalue weighted by atomic mass is 16.8. The van der Waals surface area contributed by atoms with Gasteiger partial charge in [0.2, 0.25) is 0 Å². The molecule has 0 radical (unpaired) electrons. The van der Waals surface area contributed by atoms with Gasteiger partial charge in [-0.3, -0.25) is 9.59 Å². The Hall–Kier alpha value is -2.56. The number of Topliss-reactive ketones (excluding diaryl/α,β-unsaturated/α-hetero) is 1. The summed E-state index contributed by atoms with van der Waals surface area (Å²) in [5.41, 5.74) is -5.67. The molecule has 3 N–H and O–H groups in total. The van der Waals surface area contributed by atoms with E-state index in [-0.39, 0.29) is 50.3 Å². The molecule has 68 heavy (non-hydrogen) atoms. The number of carbonyl (C=O) groups excluding carboxylic acids is 3. The SMILES string of the molecule is CC[C@H]1OC(=O)[C@H](C)[C@@H](O[C@H]2C[C@@](C)(OC)[C@@](O)(CN(C)CCN(CC)CC)[C@H](C)O2)[C@H](C)[C@@H](O[C@@H]2O[C@H](C)C[C@H](N(C)C)[C@H]2O)[C@@](C)(O)C[C@@H](C)/C(=N\OCC(C)=O)[C@H](C)[C@H]2OC(=O)O[C@@]21C. The first-order valence-electron chi connectivity index (χ1n) is 24.8. The van der Waals surface area contributed by atoms with Gasteiger partial charge in [-0.25, -0.2) is 4.79 Å². The first-order chi connectivity index (χ1) is 31.6. The summed E-state index contributed by atoms with van der Waals surface area (Å²) in [6.45, 7) is 26.4. The Morgan fingerprint density at radius 1 is 0.897 bits per heavy atom. The number of cyclic esters (lactones) is 1. The molecule has 19 nitrogen and oxygen atoms in total. The monoisotopic (exact) mass is 973 g/mol. The van der Waals surface area contributed by atoms with Gasteiger partial charge in [-0.05, 0) is 102 Å². The highest BCUT2D eigenvalue weighted by molar-refractivity contribution is 5.89. The van der Waals surface area contributed by atoms with E-state index in [9.17, 15) is 29.7 Å². The normalized spacial score (nSPS) is 42.7. The standard InChI is InChI=1S/C49H88N4O15/c1-18-36-48(13)42(67-45(57)68-48)31(7)38(50-61-26-29(5)54)28(4)24-46(11,58)41(66-44-39(55)35(51(14)15)23-30(6)62-44)32(8)40(33(9)43(56)64-36)65-37-25-47(12,60-17)49(59,34(10)63-37)27-52(16)21-22-53(19-2)20-3/h28,30-37,39-42,44,55,58-59H,18-27H2,1-17H3/b50-38+/t28-,30-,31+,32+,33-,34+,35+,36-,37+,39-,40+,41-,42-,44+,46+,47-,48-,49-/m1/s1. The van der Waals surface area contributed by atoms with Crippen LogP contribution in [-0.2, 0) is 52.3 Å². The van der Waals surface area contributed by atoms with Crippen LogP contribution in [0.3, 0.4) is 0 Å². The lowest BCUT2D eigenvalue weighted by atomic mass is 9.73. The highest BCUT2D eigenvalue weighted by Gasteiger charge is 2.61. The number of rotatable bonds is 17. The van der Waals surface area contributed by atoms with E-state index in [0.29, 0.717) is 18.7 Å². The van der Waals surface area contributed by atoms with E-state index < -0.39 is 107 Å². The van der Waals surface area contributed by atoms with Crippen molar-refractivity contribution in [2.24, 2.45) is 28.8 Å².